The molecule has 1 aromatic heterocycles. The second kappa shape index (κ2) is 8.49. The van der Waals surface area contributed by atoms with Gasteiger partial charge in [-0.15, -0.1) is 11.3 Å². The third-order valence-corrected chi connectivity index (χ3v) is 5.89. The van der Waals surface area contributed by atoms with Gasteiger partial charge >= 0.3 is 0 Å². The summed E-state index contributed by atoms with van der Waals surface area (Å²) in [4.78, 5) is 25.0. The molecule has 3 rings (SSSR count). The van der Waals surface area contributed by atoms with Gasteiger partial charge in [0.05, 0.1) is 18.5 Å². The van der Waals surface area contributed by atoms with Crippen LogP contribution < -0.4 is 10.6 Å². The average molecular weight is 371 g/mol. The maximum absolute atomic E-state index is 12.5. The summed E-state index contributed by atoms with van der Waals surface area (Å²) in [5.74, 6) is -0.179. The Morgan fingerprint density at radius 1 is 1.12 bits per heavy atom. The summed E-state index contributed by atoms with van der Waals surface area (Å²) in [6.07, 6.45) is 5.06. The molecule has 26 heavy (non-hydrogen) atoms. The highest BCUT2D eigenvalue weighted by atomic mass is 32.1. The monoisotopic (exact) mass is 370 g/mol. The van der Waals surface area contributed by atoms with Crippen LogP contribution in [0, 0.1) is 0 Å². The van der Waals surface area contributed by atoms with Gasteiger partial charge in [0.1, 0.15) is 0 Å². The summed E-state index contributed by atoms with van der Waals surface area (Å²) in [6.45, 7) is 3.50. The molecule has 2 atom stereocenters. The van der Waals surface area contributed by atoms with Gasteiger partial charge in [-0.2, -0.15) is 0 Å². The summed E-state index contributed by atoms with van der Waals surface area (Å²) in [6, 6.07) is 10.1. The molecular formula is C21H26N2O2S. The molecule has 4 nitrogen and oxygen atoms in total. The van der Waals surface area contributed by atoms with Gasteiger partial charge < -0.3 is 10.6 Å². The molecule has 0 fully saturated rings. The van der Waals surface area contributed by atoms with Crippen molar-refractivity contribution in [2.24, 2.45) is 0 Å². The second-order valence-corrected chi connectivity index (χ2v) is 7.98. The number of rotatable bonds is 6. The molecule has 0 aliphatic heterocycles. The maximum Gasteiger partial charge on any atom is 0.222 e. The van der Waals surface area contributed by atoms with Crippen LogP contribution in [0.4, 0.5) is 0 Å². The van der Waals surface area contributed by atoms with E-state index in [1.807, 2.05) is 24.4 Å². The quantitative estimate of drug-likeness (QED) is 0.805. The van der Waals surface area contributed by atoms with Crippen LogP contribution in [0.25, 0.3) is 0 Å². The standard InChI is InChI=1S/C21H26N2O2S/c1-14(17-10-9-16-6-3-4-7-18(16)12-17)22-21(25)13-19(23-15(2)24)20-8-5-11-26-20/h5,8-12,14,19H,3-4,6-7,13H2,1-2H3,(H,22,25)(H,23,24). The lowest BCUT2D eigenvalue weighted by molar-refractivity contribution is -0.123. The number of carbonyl (C=O) groups is 2. The fourth-order valence-corrected chi connectivity index (χ4v) is 4.33. The zero-order chi connectivity index (χ0) is 18.5. The smallest absolute Gasteiger partial charge is 0.222 e. The highest BCUT2D eigenvalue weighted by Gasteiger charge is 2.20. The molecule has 0 bridgehead atoms. The summed E-state index contributed by atoms with van der Waals surface area (Å²) in [5, 5.41) is 7.92. The molecule has 5 heteroatoms. The van der Waals surface area contributed by atoms with E-state index in [0.29, 0.717) is 0 Å². The molecule has 1 heterocycles. The lowest BCUT2D eigenvalue weighted by atomic mass is 9.89. The first kappa shape index (κ1) is 18.6. The molecule has 0 spiro atoms. The first-order valence-electron chi connectivity index (χ1n) is 9.24. The van der Waals surface area contributed by atoms with Crippen LogP contribution in [-0.4, -0.2) is 11.8 Å². The maximum atomic E-state index is 12.5. The number of nitrogens with one attached hydrogen (secondary N) is 2. The van der Waals surface area contributed by atoms with Crippen LogP contribution in [0.2, 0.25) is 0 Å². The van der Waals surface area contributed by atoms with E-state index in [9.17, 15) is 9.59 Å². The van der Waals surface area contributed by atoms with Crippen molar-refractivity contribution in [3.63, 3.8) is 0 Å². The molecule has 0 saturated carbocycles. The molecular weight excluding hydrogens is 344 g/mol. The van der Waals surface area contributed by atoms with Crippen LogP contribution in [0.15, 0.2) is 35.7 Å². The molecule has 138 valence electrons. The molecule has 1 aromatic carbocycles. The number of hydrogen-bond acceptors (Lipinski definition) is 3. The van der Waals surface area contributed by atoms with E-state index in [1.165, 1.54) is 30.9 Å². The average Bonchev–Trinajstić information content (AvgIpc) is 3.15. The summed E-state index contributed by atoms with van der Waals surface area (Å²) in [7, 11) is 0. The Morgan fingerprint density at radius 2 is 1.88 bits per heavy atom. The number of aryl methyl sites for hydroxylation is 2. The predicted molar refractivity (Wildman–Crippen MR) is 105 cm³/mol. The Balaban J connectivity index is 1.63. The van der Waals surface area contributed by atoms with E-state index in [2.05, 4.69) is 28.8 Å². The fraction of sp³-hybridized carbons (Fsp3) is 0.429. The Kier molecular flexibility index (Phi) is 6.09. The van der Waals surface area contributed by atoms with E-state index in [-0.39, 0.29) is 30.3 Å². The van der Waals surface area contributed by atoms with E-state index < -0.39 is 0 Å². The number of hydrogen-bond donors (Lipinski definition) is 2. The molecule has 0 saturated heterocycles. The Labute approximate surface area is 159 Å². The molecule has 2 unspecified atom stereocenters. The van der Waals surface area contributed by atoms with Crippen molar-refractivity contribution >= 4 is 23.2 Å². The number of amides is 2. The highest BCUT2D eigenvalue weighted by Crippen LogP contribution is 2.26. The molecule has 2 N–H and O–H groups in total. The van der Waals surface area contributed by atoms with E-state index in [4.69, 9.17) is 0 Å². The van der Waals surface area contributed by atoms with Gasteiger partial charge in [0.15, 0.2) is 0 Å². The van der Waals surface area contributed by atoms with Gasteiger partial charge in [-0.1, -0.05) is 24.3 Å². The Bertz CT molecular complexity index is 770. The van der Waals surface area contributed by atoms with Gasteiger partial charge in [-0.25, -0.2) is 0 Å². The van der Waals surface area contributed by atoms with Crippen molar-refractivity contribution in [2.75, 3.05) is 0 Å². The minimum Gasteiger partial charge on any atom is -0.350 e. The van der Waals surface area contributed by atoms with Crippen LogP contribution in [0.3, 0.4) is 0 Å². The van der Waals surface area contributed by atoms with Gasteiger partial charge in [0.2, 0.25) is 11.8 Å². The van der Waals surface area contributed by atoms with Crippen LogP contribution >= 0.6 is 11.3 Å². The van der Waals surface area contributed by atoms with Crippen molar-refractivity contribution in [1.29, 1.82) is 0 Å². The Hall–Kier alpha value is -2.14. The molecule has 2 amide bonds. The van der Waals surface area contributed by atoms with E-state index >= 15 is 0 Å². The summed E-state index contributed by atoms with van der Waals surface area (Å²) >= 11 is 1.55. The first-order chi connectivity index (χ1) is 12.5. The summed E-state index contributed by atoms with van der Waals surface area (Å²) < 4.78 is 0. The number of carbonyl (C=O) groups excluding carboxylic acids is 2. The topological polar surface area (TPSA) is 58.2 Å². The highest BCUT2D eigenvalue weighted by molar-refractivity contribution is 7.10. The van der Waals surface area contributed by atoms with Gasteiger partial charge in [-0.3, -0.25) is 9.59 Å². The third kappa shape index (κ3) is 4.73. The molecule has 1 aliphatic carbocycles. The SMILES string of the molecule is CC(=O)NC(CC(=O)NC(C)c1ccc2c(c1)CCCC2)c1cccs1. The predicted octanol–water partition coefficient (Wildman–Crippen LogP) is 4.07. The van der Waals surface area contributed by atoms with E-state index in [0.717, 1.165) is 23.3 Å². The lowest BCUT2D eigenvalue weighted by Crippen LogP contribution is -2.33. The zero-order valence-corrected chi connectivity index (χ0v) is 16.2. The van der Waals surface area contributed by atoms with Crippen LogP contribution in [-0.2, 0) is 22.4 Å². The lowest BCUT2D eigenvalue weighted by Gasteiger charge is -2.21. The zero-order valence-electron chi connectivity index (χ0n) is 15.4. The van der Waals surface area contributed by atoms with Gasteiger partial charge in [0.25, 0.3) is 0 Å². The van der Waals surface area contributed by atoms with Crippen molar-refractivity contribution in [2.45, 2.75) is 58.0 Å². The van der Waals surface area contributed by atoms with Gasteiger partial charge in [0, 0.05) is 11.8 Å². The Morgan fingerprint density at radius 3 is 2.58 bits per heavy atom. The largest absolute Gasteiger partial charge is 0.350 e. The number of fused-ring (bicyclic) bond motifs is 1. The fourth-order valence-electron chi connectivity index (χ4n) is 3.55. The van der Waals surface area contributed by atoms with Crippen LogP contribution in [0.5, 0.6) is 0 Å². The summed E-state index contributed by atoms with van der Waals surface area (Å²) in [5.41, 5.74) is 4.01. The molecule has 0 radical (unpaired) electrons. The van der Waals surface area contributed by atoms with Crippen LogP contribution in [0.1, 0.15) is 66.8 Å². The third-order valence-electron chi connectivity index (χ3n) is 4.90. The van der Waals surface area contributed by atoms with Crippen molar-refractivity contribution in [3.8, 4) is 0 Å². The second-order valence-electron chi connectivity index (χ2n) is 7.00. The van der Waals surface area contributed by atoms with E-state index in [1.54, 1.807) is 11.3 Å². The molecule has 2 aromatic rings. The van der Waals surface area contributed by atoms with Crippen molar-refractivity contribution in [1.82, 2.24) is 10.6 Å². The minimum absolute atomic E-state index is 0.0453. The number of benzene rings is 1. The number of thiophene rings is 1. The van der Waals surface area contributed by atoms with Crippen molar-refractivity contribution < 1.29 is 9.59 Å². The normalized spacial score (nSPS) is 15.6. The first-order valence-corrected chi connectivity index (χ1v) is 10.1. The van der Waals surface area contributed by atoms with Crippen molar-refractivity contribution in [3.05, 3.63) is 57.3 Å². The van der Waals surface area contributed by atoms with Gasteiger partial charge in [-0.05, 0) is 60.7 Å². The molecule has 1 aliphatic rings. The minimum atomic E-state index is -0.275.